The van der Waals surface area contributed by atoms with Crippen LogP contribution in [0.4, 0.5) is 4.79 Å². The molecule has 3 aromatic heterocycles. The number of nitrogens with zero attached hydrogens (tertiary/aromatic N) is 5. The van der Waals surface area contributed by atoms with Crippen LogP contribution in [0, 0.1) is 0 Å². The van der Waals surface area contributed by atoms with Gasteiger partial charge >= 0.3 is 6.03 Å². The quantitative estimate of drug-likeness (QED) is 0.709. The first-order valence-electron chi connectivity index (χ1n) is 8.48. The molecule has 1 aliphatic rings. The Morgan fingerprint density at radius 3 is 2.72 bits per heavy atom. The molecule has 0 saturated carbocycles. The highest BCUT2D eigenvalue weighted by molar-refractivity contribution is 7.13. The highest BCUT2D eigenvalue weighted by atomic mass is 32.1. The van der Waals surface area contributed by atoms with Crippen molar-refractivity contribution >= 4 is 23.0 Å². The number of fused-ring (bicyclic) bond motifs is 1. The average molecular weight is 355 g/mol. The van der Waals surface area contributed by atoms with Crippen molar-refractivity contribution in [3.05, 3.63) is 41.7 Å². The van der Waals surface area contributed by atoms with Crippen molar-refractivity contribution in [3.63, 3.8) is 0 Å². The molecule has 130 valence electrons. The predicted molar refractivity (Wildman–Crippen MR) is 98.9 cm³/mol. The summed E-state index contributed by atoms with van der Waals surface area (Å²) in [6, 6.07) is 8.37. The summed E-state index contributed by atoms with van der Waals surface area (Å²) in [5.74, 6) is 1.21. The van der Waals surface area contributed by atoms with Crippen LogP contribution in [0.15, 0.2) is 35.8 Å². The van der Waals surface area contributed by atoms with E-state index in [4.69, 9.17) is 10.1 Å². The second-order valence-corrected chi connectivity index (χ2v) is 7.55. The lowest BCUT2D eigenvalue weighted by Gasteiger charge is -2.32. The largest absolute Gasteiger partial charge is 0.331 e. The number of amides is 2. The third-order valence-electron chi connectivity index (χ3n) is 4.67. The van der Waals surface area contributed by atoms with Gasteiger partial charge in [0.15, 0.2) is 11.5 Å². The van der Waals surface area contributed by atoms with E-state index in [1.54, 1.807) is 30.3 Å². The third-order valence-corrected chi connectivity index (χ3v) is 5.59. The topological polar surface area (TPSA) is 53.7 Å². The summed E-state index contributed by atoms with van der Waals surface area (Å²) in [6.07, 6.45) is 3.87. The molecule has 1 aliphatic heterocycles. The highest BCUT2D eigenvalue weighted by Gasteiger charge is 2.27. The van der Waals surface area contributed by atoms with Gasteiger partial charge in [-0.3, -0.25) is 0 Å². The number of aromatic nitrogens is 3. The van der Waals surface area contributed by atoms with Gasteiger partial charge in [-0.15, -0.1) is 11.3 Å². The standard InChI is InChI=1S/C18H21N5OS/c1-21(2)18(24)22-9-7-13(8-10-22)17-19-16-6-5-14(12-23(16)20-17)15-4-3-11-25-15/h3-6,11-13H,7-10H2,1-2H3. The second kappa shape index (κ2) is 6.48. The van der Waals surface area contributed by atoms with E-state index in [1.807, 2.05) is 21.7 Å². The van der Waals surface area contributed by atoms with Crippen LogP contribution < -0.4 is 0 Å². The summed E-state index contributed by atoms with van der Waals surface area (Å²) in [5, 5.41) is 6.79. The van der Waals surface area contributed by atoms with Crippen molar-refractivity contribution in [3.8, 4) is 10.4 Å². The normalized spacial score (nSPS) is 15.7. The molecule has 1 fully saturated rings. The van der Waals surface area contributed by atoms with Crippen molar-refractivity contribution in [2.24, 2.45) is 0 Å². The Kier molecular flexibility index (Phi) is 4.17. The van der Waals surface area contributed by atoms with Gasteiger partial charge in [0, 0.05) is 49.7 Å². The number of hydrogen-bond acceptors (Lipinski definition) is 4. The van der Waals surface area contributed by atoms with E-state index < -0.39 is 0 Å². The minimum Gasteiger partial charge on any atom is -0.331 e. The van der Waals surface area contributed by atoms with Crippen molar-refractivity contribution < 1.29 is 4.79 Å². The van der Waals surface area contributed by atoms with Crippen LogP contribution in [0.1, 0.15) is 24.6 Å². The van der Waals surface area contributed by atoms with Crippen LogP contribution >= 0.6 is 11.3 Å². The first-order valence-corrected chi connectivity index (χ1v) is 9.36. The number of pyridine rings is 1. The van der Waals surface area contributed by atoms with E-state index in [9.17, 15) is 4.79 Å². The zero-order valence-electron chi connectivity index (χ0n) is 14.4. The number of carbonyl (C=O) groups is 1. The minimum atomic E-state index is 0.0852. The molecule has 4 heterocycles. The molecule has 1 saturated heterocycles. The summed E-state index contributed by atoms with van der Waals surface area (Å²) < 4.78 is 1.88. The van der Waals surface area contributed by atoms with Gasteiger partial charge in [-0.05, 0) is 36.4 Å². The SMILES string of the molecule is CN(C)C(=O)N1CCC(c2nc3ccc(-c4cccs4)cn3n2)CC1. The fraction of sp³-hybridized carbons (Fsp3) is 0.389. The van der Waals surface area contributed by atoms with Crippen LogP contribution in [0.5, 0.6) is 0 Å². The molecule has 0 aromatic carbocycles. The molecule has 0 N–H and O–H groups in total. The monoisotopic (exact) mass is 355 g/mol. The Balaban J connectivity index is 1.52. The van der Waals surface area contributed by atoms with Crippen LogP contribution in [0.25, 0.3) is 16.1 Å². The minimum absolute atomic E-state index is 0.0852. The summed E-state index contributed by atoms with van der Waals surface area (Å²) >= 11 is 1.72. The molecule has 4 rings (SSSR count). The van der Waals surface area contributed by atoms with E-state index in [-0.39, 0.29) is 6.03 Å². The Morgan fingerprint density at radius 2 is 2.04 bits per heavy atom. The lowest BCUT2D eigenvalue weighted by molar-refractivity contribution is 0.155. The van der Waals surface area contributed by atoms with Crippen molar-refractivity contribution in [1.29, 1.82) is 0 Å². The number of rotatable bonds is 2. The molecule has 0 radical (unpaired) electrons. The Hall–Kier alpha value is -2.41. The maximum absolute atomic E-state index is 12.0. The molecule has 2 amide bonds. The lowest BCUT2D eigenvalue weighted by atomic mass is 9.96. The Labute approximate surface area is 150 Å². The van der Waals surface area contributed by atoms with E-state index in [0.29, 0.717) is 5.92 Å². The van der Waals surface area contributed by atoms with E-state index >= 15 is 0 Å². The molecule has 0 atom stereocenters. The van der Waals surface area contributed by atoms with Gasteiger partial charge in [0.25, 0.3) is 0 Å². The van der Waals surface area contributed by atoms with Gasteiger partial charge in [0.1, 0.15) is 0 Å². The van der Waals surface area contributed by atoms with Crippen LogP contribution in [-0.4, -0.2) is 57.6 Å². The fourth-order valence-corrected chi connectivity index (χ4v) is 3.99. The van der Waals surface area contributed by atoms with Gasteiger partial charge < -0.3 is 9.80 Å². The Bertz CT molecular complexity index is 878. The molecule has 25 heavy (non-hydrogen) atoms. The van der Waals surface area contributed by atoms with Gasteiger partial charge in [-0.25, -0.2) is 14.3 Å². The first-order chi connectivity index (χ1) is 12.1. The third kappa shape index (κ3) is 3.11. The smallest absolute Gasteiger partial charge is 0.319 e. The maximum Gasteiger partial charge on any atom is 0.319 e. The van der Waals surface area contributed by atoms with Gasteiger partial charge in [-0.1, -0.05) is 6.07 Å². The zero-order valence-corrected chi connectivity index (χ0v) is 15.2. The average Bonchev–Trinajstić information content (AvgIpc) is 3.30. The second-order valence-electron chi connectivity index (χ2n) is 6.61. The lowest BCUT2D eigenvalue weighted by Crippen LogP contribution is -2.43. The van der Waals surface area contributed by atoms with Gasteiger partial charge in [0.05, 0.1) is 0 Å². The summed E-state index contributed by atoms with van der Waals surface area (Å²) in [7, 11) is 3.59. The molecule has 7 heteroatoms. The predicted octanol–water partition coefficient (Wildman–Crippen LogP) is 3.32. The van der Waals surface area contributed by atoms with E-state index in [0.717, 1.165) is 43.0 Å². The first kappa shape index (κ1) is 16.1. The number of urea groups is 1. The summed E-state index contributed by atoms with van der Waals surface area (Å²) in [5.41, 5.74) is 2.03. The molecule has 0 bridgehead atoms. The number of hydrogen-bond donors (Lipinski definition) is 0. The number of carbonyl (C=O) groups excluding carboxylic acids is 1. The molecule has 0 unspecified atom stereocenters. The number of thiophene rings is 1. The molecule has 3 aromatic rings. The molecule has 6 nitrogen and oxygen atoms in total. The highest BCUT2D eigenvalue weighted by Crippen LogP contribution is 2.28. The summed E-state index contributed by atoms with van der Waals surface area (Å²) in [4.78, 5) is 21.5. The Morgan fingerprint density at radius 1 is 1.24 bits per heavy atom. The van der Waals surface area contributed by atoms with Crippen LogP contribution in [0.2, 0.25) is 0 Å². The van der Waals surface area contributed by atoms with Crippen molar-refractivity contribution in [1.82, 2.24) is 24.4 Å². The van der Waals surface area contributed by atoms with E-state index in [1.165, 1.54) is 4.88 Å². The van der Waals surface area contributed by atoms with Gasteiger partial charge in [0.2, 0.25) is 0 Å². The van der Waals surface area contributed by atoms with Crippen LogP contribution in [0.3, 0.4) is 0 Å². The summed E-state index contributed by atoms with van der Waals surface area (Å²) in [6.45, 7) is 1.52. The van der Waals surface area contributed by atoms with Gasteiger partial charge in [-0.2, -0.15) is 5.10 Å². The van der Waals surface area contributed by atoms with E-state index in [2.05, 4.69) is 23.6 Å². The number of likely N-dealkylation sites (tertiary alicyclic amines) is 1. The molecular weight excluding hydrogens is 334 g/mol. The molecular formula is C18H21N5OS. The van der Waals surface area contributed by atoms with Crippen molar-refractivity contribution in [2.45, 2.75) is 18.8 Å². The molecule has 0 spiro atoms. The maximum atomic E-state index is 12.0. The molecule has 0 aliphatic carbocycles. The fourth-order valence-electron chi connectivity index (χ4n) is 3.27. The van der Waals surface area contributed by atoms with Crippen LogP contribution in [-0.2, 0) is 0 Å². The zero-order chi connectivity index (χ0) is 17.4. The number of piperidine rings is 1. The van der Waals surface area contributed by atoms with Crippen molar-refractivity contribution in [2.75, 3.05) is 27.2 Å².